The summed E-state index contributed by atoms with van der Waals surface area (Å²) < 4.78 is 10.6. The fraction of sp³-hybridized carbons (Fsp3) is 0.294. The fourth-order valence-corrected chi connectivity index (χ4v) is 2.23. The number of para-hydroxylation sites is 1. The van der Waals surface area contributed by atoms with Gasteiger partial charge in [-0.1, -0.05) is 42.0 Å². The van der Waals surface area contributed by atoms with Crippen molar-refractivity contribution in [1.82, 2.24) is 0 Å². The second-order valence-electron chi connectivity index (χ2n) is 4.79. The van der Waals surface area contributed by atoms with Crippen molar-refractivity contribution in [3.63, 3.8) is 0 Å². The molecule has 1 unspecified atom stereocenters. The first-order valence-corrected chi connectivity index (χ1v) is 6.60. The fourth-order valence-electron chi connectivity index (χ4n) is 2.23. The van der Waals surface area contributed by atoms with Gasteiger partial charge in [0.2, 0.25) is 0 Å². The first kappa shape index (κ1) is 14.4. The molecule has 0 aliphatic heterocycles. The number of rotatable bonds is 5. The van der Waals surface area contributed by atoms with Gasteiger partial charge in [-0.05, 0) is 18.6 Å². The predicted octanol–water partition coefficient (Wildman–Crippen LogP) is 3.29. The highest BCUT2D eigenvalue weighted by molar-refractivity contribution is 5.48. The summed E-state index contributed by atoms with van der Waals surface area (Å²) in [4.78, 5) is 0. The zero-order valence-corrected chi connectivity index (χ0v) is 12.1. The molecule has 0 saturated heterocycles. The monoisotopic (exact) mass is 272 g/mol. The lowest BCUT2D eigenvalue weighted by molar-refractivity contribution is 0.173. The normalized spacial score (nSPS) is 12.0. The van der Waals surface area contributed by atoms with Crippen molar-refractivity contribution in [2.45, 2.75) is 19.4 Å². The van der Waals surface area contributed by atoms with E-state index in [9.17, 15) is 5.11 Å². The minimum atomic E-state index is -0.622. The molecule has 106 valence electrons. The molecule has 0 amide bonds. The summed E-state index contributed by atoms with van der Waals surface area (Å²) in [5, 5.41) is 10.4. The molecule has 0 aliphatic carbocycles. The molecule has 2 rings (SSSR count). The lowest BCUT2D eigenvalue weighted by Crippen LogP contribution is -2.05. The van der Waals surface area contributed by atoms with Crippen molar-refractivity contribution in [3.05, 3.63) is 59.2 Å². The largest absolute Gasteiger partial charge is 0.493 e. The summed E-state index contributed by atoms with van der Waals surface area (Å²) in [5.74, 6) is 1.22. The van der Waals surface area contributed by atoms with Crippen LogP contribution in [0.4, 0.5) is 0 Å². The van der Waals surface area contributed by atoms with Gasteiger partial charge in [0.25, 0.3) is 0 Å². The Bertz CT molecular complexity index is 561. The number of aliphatic hydroxyl groups is 1. The van der Waals surface area contributed by atoms with Crippen molar-refractivity contribution >= 4 is 0 Å². The first-order valence-electron chi connectivity index (χ1n) is 6.60. The Morgan fingerprint density at radius 1 is 1.00 bits per heavy atom. The molecule has 0 fully saturated rings. The van der Waals surface area contributed by atoms with Crippen LogP contribution in [0.5, 0.6) is 11.5 Å². The molecule has 0 aromatic heterocycles. The maximum atomic E-state index is 10.4. The average molecular weight is 272 g/mol. The maximum Gasteiger partial charge on any atom is 0.166 e. The van der Waals surface area contributed by atoms with E-state index in [1.165, 1.54) is 5.56 Å². The zero-order valence-electron chi connectivity index (χ0n) is 12.1. The SMILES string of the molecule is COc1cccc(C(O)Cc2ccc(C)cc2)c1OC. The predicted molar refractivity (Wildman–Crippen MR) is 79.4 cm³/mol. The molecule has 20 heavy (non-hydrogen) atoms. The smallest absolute Gasteiger partial charge is 0.166 e. The van der Waals surface area contributed by atoms with Crippen molar-refractivity contribution in [2.24, 2.45) is 0 Å². The third-order valence-corrected chi connectivity index (χ3v) is 3.34. The quantitative estimate of drug-likeness (QED) is 0.907. The van der Waals surface area contributed by atoms with E-state index in [1.807, 2.05) is 49.4 Å². The van der Waals surface area contributed by atoms with E-state index in [1.54, 1.807) is 14.2 Å². The number of methoxy groups -OCH3 is 2. The number of ether oxygens (including phenoxy) is 2. The molecule has 3 heteroatoms. The average Bonchev–Trinajstić information content (AvgIpc) is 2.48. The van der Waals surface area contributed by atoms with Crippen molar-refractivity contribution in [1.29, 1.82) is 0 Å². The Morgan fingerprint density at radius 3 is 2.30 bits per heavy atom. The Labute approximate surface area is 119 Å². The molecule has 0 saturated carbocycles. The van der Waals surface area contributed by atoms with Crippen molar-refractivity contribution in [3.8, 4) is 11.5 Å². The van der Waals surface area contributed by atoms with E-state index < -0.39 is 6.10 Å². The number of hydrogen-bond donors (Lipinski definition) is 1. The second-order valence-corrected chi connectivity index (χ2v) is 4.79. The third-order valence-electron chi connectivity index (χ3n) is 3.34. The van der Waals surface area contributed by atoms with Crippen molar-refractivity contribution in [2.75, 3.05) is 14.2 Å². The van der Waals surface area contributed by atoms with E-state index in [4.69, 9.17) is 9.47 Å². The second kappa shape index (κ2) is 6.44. The van der Waals surface area contributed by atoms with Crippen LogP contribution in [0.1, 0.15) is 22.8 Å². The summed E-state index contributed by atoms with van der Waals surface area (Å²) in [5.41, 5.74) is 3.04. The van der Waals surface area contributed by atoms with Crippen LogP contribution in [0.25, 0.3) is 0 Å². The summed E-state index contributed by atoms with van der Waals surface area (Å²) in [6.07, 6.45) is -0.0770. The molecule has 0 aliphatic rings. The van der Waals surface area contributed by atoms with Crippen LogP contribution >= 0.6 is 0 Å². The zero-order chi connectivity index (χ0) is 14.5. The van der Waals surface area contributed by atoms with Crippen LogP contribution in [-0.4, -0.2) is 19.3 Å². The Hall–Kier alpha value is -2.00. The Balaban J connectivity index is 2.24. The van der Waals surface area contributed by atoms with Gasteiger partial charge in [0.15, 0.2) is 11.5 Å². The highest BCUT2D eigenvalue weighted by Gasteiger charge is 2.17. The molecule has 0 spiro atoms. The summed E-state index contributed by atoms with van der Waals surface area (Å²) in [6, 6.07) is 13.7. The van der Waals surface area contributed by atoms with Gasteiger partial charge in [-0.15, -0.1) is 0 Å². The number of hydrogen-bond acceptors (Lipinski definition) is 3. The van der Waals surface area contributed by atoms with Crippen LogP contribution in [0, 0.1) is 6.92 Å². The lowest BCUT2D eigenvalue weighted by atomic mass is 9.99. The Morgan fingerprint density at radius 2 is 1.70 bits per heavy atom. The minimum Gasteiger partial charge on any atom is -0.493 e. The molecule has 2 aromatic carbocycles. The van der Waals surface area contributed by atoms with Crippen LogP contribution < -0.4 is 9.47 Å². The highest BCUT2D eigenvalue weighted by atomic mass is 16.5. The third kappa shape index (κ3) is 3.11. The summed E-state index contributed by atoms with van der Waals surface area (Å²) >= 11 is 0. The molecule has 0 radical (unpaired) electrons. The van der Waals surface area contributed by atoms with Gasteiger partial charge in [-0.3, -0.25) is 0 Å². The van der Waals surface area contributed by atoms with E-state index >= 15 is 0 Å². The molecular formula is C17H20O3. The topological polar surface area (TPSA) is 38.7 Å². The molecule has 3 nitrogen and oxygen atoms in total. The molecule has 1 atom stereocenters. The van der Waals surface area contributed by atoms with E-state index in [-0.39, 0.29) is 0 Å². The number of aryl methyl sites for hydroxylation is 1. The summed E-state index contributed by atoms with van der Waals surface area (Å²) in [7, 11) is 3.17. The van der Waals surface area contributed by atoms with Gasteiger partial charge in [-0.25, -0.2) is 0 Å². The van der Waals surface area contributed by atoms with E-state index in [2.05, 4.69) is 0 Å². The minimum absolute atomic E-state index is 0.545. The standard InChI is InChI=1S/C17H20O3/c1-12-7-9-13(10-8-12)11-15(18)14-5-4-6-16(19-2)17(14)20-3/h4-10,15,18H,11H2,1-3H3. The van der Waals surface area contributed by atoms with Crippen LogP contribution in [0.15, 0.2) is 42.5 Å². The molecular weight excluding hydrogens is 252 g/mol. The lowest BCUT2D eigenvalue weighted by Gasteiger charge is -2.17. The molecule has 2 aromatic rings. The number of benzene rings is 2. The van der Waals surface area contributed by atoms with Crippen molar-refractivity contribution < 1.29 is 14.6 Å². The maximum absolute atomic E-state index is 10.4. The van der Waals surface area contributed by atoms with Gasteiger partial charge >= 0.3 is 0 Å². The van der Waals surface area contributed by atoms with E-state index in [0.717, 1.165) is 11.1 Å². The van der Waals surface area contributed by atoms with Gasteiger partial charge in [0.1, 0.15) is 0 Å². The van der Waals surface area contributed by atoms with E-state index in [0.29, 0.717) is 17.9 Å². The highest BCUT2D eigenvalue weighted by Crippen LogP contribution is 2.35. The van der Waals surface area contributed by atoms with Gasteiger partial charge in [0.05, 0.1) is 20.3 Å². The van der Waals surface area contributed by atoms with Gasteiger partial charge in [0, 0.05) is 12.0 Å². The molecule has 1 N–H and O–H groups in total. The van der Waals surface area contributed by atoms with Gasteiger partial charge < -0.3 is 14.6 Å². The van der Waals surface area contributed by atoms with Crippen LogP contribution in [-0.2, 0) is 6.42 Å². The summed E-state index contributed by atoms with van der Waals surface area (Å²) in [6.45, 7) is 2.05. The molecule has 0 bridgehead atoms. The van der Waals surface area contributed by atoms with Crippen LogP contribution in [0.2, 0.25) is 0 Å². The van der Waals surface area contributed by atoms with Gasteiger partial charge in [-0.2, -0.15) is 0 Å². The molecule has 0 heterocycles. The first-order chi connectivity index (χ1) is 9.65. The van der Waals surface area contributed by atoms with Crippen LogP contribution in [0.3, 0.4) is 0 Å². The number of aliphatic hydroxyl groups excluding tert-OH is 1. The Kier molecular flexibility index (Phi) is 4.64.